The number of carbonyl (C=O) groups excluding carboxylic acids is 2. The highest BCUT2D eigenvalue weighted by Gasteiger charge is 2.35. The number of allylic oxidation sites excluding steroid dienone is 2. The number of ether oxygens (including phenoxy) is 1. The summed E-state index contributed by atoms with van der Waals surface area (Å²) in [5.74, 6) is 0.174. The number of rotatable bonds is 9. The Labute approximate surface area is 261 Å². The fourth-order valence-corrected chi connectivity index (χ4v) is 6.49. The van der Waals surface area contributed by atoms with Gasteiger partial charge in [0.15, 0.2) is 0 Å². The maximum atomic E-state index is 14.1. The molecule has 3 aromatic rings. The summed E-state index contributed by atoms with van der Waals surface area (Å²) in [7, 11) is 0. The second kappa shape index (κ2) is 16.3. The minimum atomic E-state index is -0.204. The Hall–Kier alpha value is -3.67. The van der Waals surface area contributed by atoms with Crippen LogP contribution in [0.25, 0.3) is 0 Å². The first-order chi connectivity index (χ1) is 21.0. The summed E-state index contributed by atoms with van der Waals surface area (Å²) in [4.78, 5) is 24.2. The average molecular weight is 599 g/mol. The molecule has 1 saturated heterocycles. The van der Waals surface area contributed by atoms with Crippen molar-refractivity contribution in [3.8, 4) is 0 Å². The minimum absolute atomic E-state index is 0.125. The molecule has 226 valence electrons. The molecule has 1 unspecified atom stereocenters. The molecule has 3 aromatic carbocycles. The molecule has 1 fully saturated rings. The lowest BCUT2D eigenvalue weighted by Gasteiger charge is -2.34. The normalized spacial score (nSPS) is 17.2. The summed E-state index contributed by atoms with van der Waals surface area (Å²) in [6.45, 7) is 8.78. The van der Waals surface area contributed by atoms with Gasteiger partial charge in [-0.15, -0.1) is 0 Å². The SMILES string of the molecule is C=O.CC1=C(COCCC(c2ccccc2)c2ccccc2)C(c2cccc(Cl)c2)C(C(=O)N2CCCCCC2)=C(C)N1. The smallest absolute Gasteiger partial charge is 0.252 e. The molecule has 6 heteroatoms. The zero-order chi connectivity index (χ0) is 30.6. The van der Waals surface area contributed by atoms with E-state index in [4.69, 9.17) is 21.1 Å². The van der Waals surface area contributed by atoms with Crippen molar-refractivity contribution in [1.82, 2.24) is 10.2 Å². The maximum absolute atomic E-state index is 14.1. The Morgan fingerprint density at radius 1 is 0.884 bits per heavy atom. The van der Waals surface area contributed by atoms with Gasteiger partial charge in [0.1, 0.15) is 6.79 Å². The zero-order valence-electron chi connectivity index (χ0n) is 25.4. The number of likely N-dealkylation sites (tertiary alicyclic amines) is 1. The van der Waals surface area contributed by atoms with E-state index in [1.807, 2.05) is 31.9 Å². The second-order valence-corrected chi connectivity index (χ2v) is 11.7. The van der Waals surface area contributed by atoms with Gasteiger partial charge in [-0.2, -0.15) is 0 Å². The molecule has 1 atom stereocenters. The Bertz CT molecular complexity index is 1360. The van der Waals surface area contributed by atoms with E-state index < -0.39 is 0 Å². The van der Waals surface area contributed by atoms with Gasteiger partial charge in [-0.3, -0.25) is 4.79 Å². The van der Waals surface area contributed by atoms with Gasteiger partial charge < -0.3 is 19.7 Å². The lowest BCUT2D eigenvalue weighted by molar-refractivity contribution is -0.127. The van der Waals surface area contributed by atoms with Crippen LogP contribution in [0.1, 0.15) is 74.5 Å². The van der Waals surface area contributed by atoms with Gasteiger partial charge in [0.25, 0.3) is 5.91 Å². The second-order valence-electron chi connectivity index (χ2n) is 11.2. The first-order valence-electron chi connectivity index (χ1n) is 15.2. The van der Waals surface area contributed by atoms with Crippen molar-refractivity contribution in [2.75, 3.05) is 26.3 Å². The topological polar surface area (TPSA) is 58.6 Å². The number of halogens is 1. The molecule has 2 aliphatic heterocycles. The van der Waals surface area contributed by atoms with Gasteiger partial charge in [-0.1, -0.05) is 97.2 Å². The van der Waals surface area contributed by atoms with Crippen molar-refractivity contribution in [2.24, 2.45) is 0 Å². The Morgan fingerprint density at radius 3 is 2.07 bits per heavy atom. The lowest BCUT2D eigenvalue weighted by Crippen LogP contribution is -2.39. The number of benzene rings is 3. The fourth-order valence-electron chi connectivity index (χ4n) is 6.29. The van der Waals surface area contributed by atoms with Gasteiger partial charge in [0.2, 0.25) is 0 Å². The molecule has 2 heterocycles. The summed E-state index contributed by atoms with van der Waals surface area (Å²) in [5, 5.41) is 4.20. The van der Waals surface area contributed by atoms with Crippen LogP contribution in [-0.4, -0.2) is 43.9 Å². The van der Waals surface area contributed by atoms with Gasteiger partial charge in [-0.05, 0) is 67.5 Å². The third-order valence-corrected chi connectivity index (χ3v) is 8.65. The Morgan fingerprint density at radius 2 is 1.49 bits per heavy atom. The average Bonchev–Trinajstić information content (AvgIpc) is 3.33. The summed E-state index contributed by atoms with van der Waals surface area (Å²) in [5.41, 5.74) is 7.47. The molecule has 0 aromatic heterocycles. The van der Waals surface area contributed by atoms with Gasteiger partial charge in [-0.25, -0.2) is 0 Å². The quantitative estimate of drug-likeness (QED) is 0.253. The fraction of sp³-hybridized carbons (Fsp3) is 0.351. The highest BCUT2D eigenvalue weighted by molar-refractivity contribution is 6.30. The molecule has 0 radical (unpaired) electrons. The van der Waals surface area contributed by atoms with Crippen molar-refractivity contribution < 1.29 is 14.3 Å². The van der Waals surface area contributed by atoms with Crippen LogP contribution in [0.3, 0.4) is 0 Å². The molecule has 0 aliphatic carbocycles. The number of dihydropyridines is 1. The molecule has 1 N–H and O–H groups in total. The van der Waals surface area contributed by atoms with Crippen molar-refractivity contribution in [2.45, 2.75) is 57.8 Å². The van der Waals surface area contributed by atoms with Crippen molar-refractivity contribution in [3.05, 3.63) is 129 Å². The van der Waals surface area contributed by atoms with Crippen LogP contribution >= 0.6 is 11.6 Å². The standard InChI is InChI=1S/C36H41ClN2O2.CH2O/c1-26-33(25-41-23-20-32(28-14-7-5-8-15-28)29-16-9-6-10-17-29)35(30-18-13-19-31(37)24-30)34(27(2)38-26)36(40)39-21-11-3-4-12-22-39;1-2/h5-10,13-19,24,32,35,38H,3-4,11-12,20-23,25H2,1-2H3;1H2. The molecule has 2 aliphatic rings. The first kappa shape index (κ1) is 32.2. The zero-order valence-corrected chi connectivity index (χ0v) is 26.1. The van der Waals surface area contributed by atoms with Crippen LogP contribution in [0.15, 0.2) is 107 Å². The molecule has 43 heavy (non-hydrogen) atoms. The monoisotopic (exact) mass is 598 g/mol. The Balaban J connectivity index is 0.00000207. The van der Waals surface area contributed by atoms with E-state index in [-0.39, 0.29) is 17.7 Å². The number of carbonyl (C=O) groups is 2. The lowest BCUT2D eigenvalue weighted by atomic mass is 9.80. The van der Waals surface area contributed by atoms with E-state index in [9.17, 15) is 4.79 Å². The number of nitrogens with zero attached hydrogens (tertiary/aromatic N) is 1. The van der Waals surface area contributed by atoms with Gasteiger partial charge >= 0.3 is 0 Å². The number of hydrogen-bond donors (Lipinski definition) is 1. The Kier molecular flexibility index (Phi) is 12.2. The molecule has 0 spiro atoms. The number of amides is 1. The summed E-state index contributed by atoms with van der Waals surface area (Å²) >= 11 is 6.49. The van der Waals surface area contributed by atoms with E-state index in [0.717, 1.165) is 60.5 Å². The highest BCUT2D eigenvalue weighted by atomic mass is 35.5. The van der Waals surface area contributed by atoms with E-state index >= 15 is 0 Å². The molecular formula is C37H43ClN2O3. The van der Waals surface area contributed by atoms with Crippen LogP contribution in [0.2, 0.25) is 5.02 Å². The summed E-state index contributed by atoms with van der Waals surface area (Å²) < 4.78 is 6.45. The van der Waals surface area contributed by atoms with Crippen LogP contribution < -0.4 is 5.32 Å². The van der Waals surface area contributed by atoms with Crippen molar-refractivity contribution >= 4 is 24.3 Å². The van der Waals surface area contributed by atoms with Crippen LogP contribution in [0.4, 0.5) is 0 Å². The molecule has 5 nitrogen and oxygen atoms in total. The van der Waals surface area contributed by atoms with Gasteiger partial charge in [0.05, 0.1) is 6.61 Å². The van der Waals surface area contributed by atoms with E-state index in [1.165, 1.54) is 24.0 Å². The highest BCUT2D eigenvalue weighted by Crippen LogP contribution is 2.40. The first-order valence-corrected chi connectivity index (χ1v) is 15.6. The predicted octanol–water partition coefficient (Wildman–Crippen LogP) is 8.03. The third-order valence-electron chi connectivity index (χ3n) is 8.42. The van der Waals surface area contributed by atoms with E-state index in [2.05, 4.69) is 83.9 Å². The molecule has 0 bridgehead atoms. The van der Waals surface area contributed by atoms with E-state index in [0.29, 0.717) is 18.2 Å². The molecule has 5 rings (SSSR count). The van der Waals surface area contributed by atoms with Gasteiger partial charge in [0, 0.05) is 53.5 Å². The minimum Gasteiger partial charge on any atom is -0.377 e. The summed E-state index contributed by atoms with van der Waals surface area (Å²) in [6, 6.07) is 29.2. The largest absolute Gasteiger partial charge is 0.377 e. The maximum Gasteiger partial charge on any atom is 0.252 e. The number of nitrogens with one attached hydrogen (secondary N) is 1. The molecular weight excluding hydrogens is 556 g/mol. The number of hydrogen-bond acceptors (Lipinski definition) is 4. The third kappa shape index (κ3) is 8.25. The van der Waals surface area contributed by atoms with Crippen molar-refractivity contribution in [1.29, 1.82) is 0 Å². The van der Waals surface area contributed by atoms with E-state index in [1.54, 1.807) is 0 Å². The van der Waals surface area contributed by atoms with Crippen LogP contribution in [-0.2, 0) is 14.3 Å². The summed E-state index contributed by atoms with van der Waals surface area (Å²) in [6.07, 6.45) is 5.35. The predicted molar refractivity (Wildman–Crippen MR) is 175 cm³/mol. The molecule has 1 amide bonds. The molecule has 0 saturated carbocycles. The van der Waals surface area contributed by atoms with Crippen LogP contribution in [0.5, 0.6) is 0 Å². The van der Waals surface area contributed by atoms with Crippen molar-refractivity contribution in [3.63, 3.8) is 0 Å². The van der Waals surface area contributed by atoms with Crippen LogP contribution in [0, 0.1) is 0 Å².